The molecule has 0 fully saturated rings. The first-order valence-electron chi connectivity index (χ1n) is 2.61. The quantitative estimate of drug-likeness (QED) is 0.619. The van der Waals surface area contributed by atoms with Crippen LogP contribution in [0.5, 0.6) is 0 Å². The summed E-state index contributed by atoms with van der Waals surface area (Å²) in [4.78, 5) is 14.1. The van der Waals surface area contributed by atoms with Crippen LogP contribution in [0.15, 0.2) is 18.3 Å². The second-order valence-electron chi connectivity index (χ2n) is 1.75. The molecule has 0 saturated heterocycles. The fraction of sp³-hybridized carbons (Fsp3) is 0. The van der Waals surface area contributed by atoms with E-state index in [0.29, 0.717) is 11.4 Å². The highest BCUT2D eigenvalue weighted by Gasteiger charge is 1.99. The molecule has 0 aliphatic rings. The molecule has 0 amide bonds. The lowest BCUT2D eigenvalue weighted by Gasteiger charge is -1.91. The van der Waals surface area contributed by atoms with E-state index in [4.69, 9.17) is 17.3 Å². The molecule has 1 heterocycles. The van der Waals surface area contributed by atoms with Crippen LogP contribution in [0.3, 0.4) is 0 Å². The molecular weight excluding hydrogens is 152 g/mol. The van der Waals surface area contributed by atoms with Gasteiger partial charge in [-0.25, -0.2) is 4.98 Å². The summed E-state index contributed by atoms with van der Waals surface area (Å²) in [5.41, 5.74) is 5.62. The SMILES string of the molecule is Nc1ccc(C(=O)Cl)cn1. The normalized spacial score (nSPS) is 9.30. The van der Waals surface area contributed by atoms with Crippen LogP contribution in [-0.2, 0) is 0 Å². The van der Waals surface area contributed by atoms with Crippen LogP contribution in [0.1, 0.15) is 10.4 Å². The van der Waals surface area contributed by atoms with Gasteiger partial charge in [-0.05, 0) is 23.7 Å². The number of nitrogens with two attached hydrogens (primary N) is 1. The minimum atomic E-state index is -0.521. The average molecular weight is 157 g/mol. The molecule has 1 aromatic heterocycles. The van der Waals surface area contributed by atoms with Crippen molar-refractivity contribution in [3.05, 3.63) is 23.9 Å². The summed E-state index contributed by atoms with van der Waals surface area (Å²) in [6, 6.07) is 3.05. The molecule has 0 aliphatic carbocycles. The maximum absolute atomic E-state index is 10.4. The van der Waals surface area contributed by atoms with Crippen molar-refractivity contribution in [2.45, 2.75) is 0 Å². The molecule has 0 atom stereocenters. The monoisotopic (exact) mass is 156 g/mol. The van der Waals surface area contributed by atoms with Crippen molar-refractivity contribution in [3.63, 3.8) is 0 Å². The summed E-state index contributed by atoms with van der Waals surface area (Å²) in [5, 5.41) is -0.521. The number of rotatable bonds is 1. The van der Waals surface area contributed by atoms with Gasteiger partial charge < -0.3 is 5.73 Å². The number of halogens is 1. The van der Waals surface area contributed by atoms with Crippen molar-refractivity contribution < 1.29 is 4.79 Å². The van der Waals surface area contributed by atoms with Gasteiger partial charge in [0.25, 0.3) is 5.24 Å². The summed E-state index contributed by atoms with van der Waals surface area (Å²) in [6.45, 7) is 0. The molecule has 0 bridgehead atoms. The van der Waals surface area contributed by atoms with E-state index in [0.717, 1.165) is 0 Å². The van der Waals surface area contributed by atoms with E-state index in [1.807, 2.05) is 0 Å². The third-order valence-electron chi connectivity index (χ3n) is 1.01. The fourth-order valence-corrected chi connectivity index (χ4v) is 0.633. The van der Waals surface area contributed by atoms with Crippen molar-refractivity contribution in [1.29, 1.82) is 0 Å². The number of nitrogen functional groups attached to an aromatic ring is 1. The minimum absolute atomic E-state index is 0.357. The minimum Gasteiger partial charge on any atom is -0.384 e. The second kappa shape index (κ2) is 2.66. The number of hydrogen-bond acceptors (Lipinski definition) is 3. The Morgan fingerprint density at radius 3 is 2.70 bits per heavy atom. The molecule has 2 N–H and O–H groups in total. The van der Waals surface area contributed by atoms with Crippen LogP contribution >= 0.6 is 11.6 Å². The van der Waals surface area contributed by atoms with E-state index < -0.39 is 5.24 Å². The van der Waals surface area contributed by atoms with Crippen molar-refractivity contribution in [2.24, 2.45) is 0 Å². The Morgan fingerprint density at radius 1 is 1.60 bits per heavy atom. The summed E-state index contributed by atoms with van der Waals surface area (Å²) < 4.78 is 0. The fourth-order valence-electron chi connectivity index (χ4n) is 0.522. The Labute approximate surface area is 62.8 Å². The van der Waals surface area contributed by atoms with Gasteiger partial charge in [-0.15, -0.1) is 0 Å². The highest BCUT2D eigenvalue weighted by atomic mass is 35.5. The lowest BCUT2D eigenvalue weighted by molar-refractivity contribution is 0.108. The Balaban J connectivity index is 3.00. The van der Waals surface area contributed by atoms with Gasteiger partial charge in [0, 0.05) is 6.20 Å². The van der Waals surface area contributed by atoms with Crippen LogP contribution in [0.2, 0.25) is 0 Å². The predicted molar refractivity (Wildman–Crippen MR) is 38.8 cm³/mol. The second-order valence-corrected chi connectivity index (χ2v) is 2.09. The molecule has 0 spiro atoms. The molecule has 1 aromatic rings. The van der Waals surface area contributed by atoms with Crippen molar-refractivity contribution in [2.75, 3.05) is 5.73 Å². The topological polar surface area (TPSA) is 56.0 Å². The first-order chi connectivity index (χ1) is 4.70. The number of carbonyl (C=O) groups is 1. The molecule has 0 aromatic carbocycles. The van der Waals surface area contributed by atoms with E-state index in [-0.39, 0.29) is 0 Å². The largest absolute Gasteiger partial charge is 0.384 e. The van der Waals surface area contributed by atoms with Crippen molar-refractivity contribution in [1.82, 2.24) is 4.98 Å². The third-order valence-corrected chi connectivity index (χ3v) is 1.23. The molecule has 3 nitrogen and oxygen atoms in total. The highest BCUT2D eigenvalue weighted by molar-refractivity contribution is 6.67. The maximum atomic E-state index is 10.4. The van der Waals surface area contributed by atoms with Gasteiger partial charge in [-0.3, -0.25) is 4.79 Å². The Hall–Kier alpha value is -1.09. The number of nitrogens with zero attached hydrogens (tertiary/aromatic N) is 1. The van der Waals surface area contributed by atoms with E-state index in [1.54, 1.807) is 0 Å². The zero-order valence-corrected chi connectivity index (χ0v) is 5.80. The van der Waals surface area contributed by atoms with E-state index in [2.05, 4.69) is 4.98 Å². The number of carbonyl (C=O) groups excluding carboxylic acids is 1. The van der Waals surface area contributed by atoms with Gasteiger partial charge in [0.15, 0.2) is 0 Å². The van der Waals surface area contributed by atoms with Crippen molar-refractivity contribution >= 4 is 22.7 Å². The zero-order valence-electron chi connectivity index (χ0n) is 5.04. The first kappa shape index (κ1) is 7.02. The number of pyridine rings is 1. The summed E-state index contributed by atoms with van der Waals surface area (Å²) in [7, 11) is 0. The lowest BCUT2D eigenvalue weighted by Crippen LogP contribution is -1.93. The third kappa shape index (κ3) is 1.45. The van der Waals surface area contributed by atoms with Crippen molar-refractivity contribution in [3.8, 4) is 0 Å². The number of aromatic nitrogens is 1. The van der Waals surface area contributed by atoms with Crippen LogP contribution in [0, 0.1) is 0 Å². The zero-order chi connectivity index (χ0) is 7.56. The van der Waals surface area contributed by atoms with Gasteiger partial charge in [-0.2, -0.15) is 0 Å². The van der Waals surface area contributed by atoms with Gasteiger partial charge >= 0.3 is 0 Å². The highest BCUT2D eigenvalue weighted by Crippen LogP contribution is 2.03. The standard InChI is InChI=1S/C6H5ClN2O/c7-6(10)4-1-2-5(8)9-3-4/h1-3H,(H2,8,9). The van der Waals surface area contributed by atoms with Crippen LogP contribution in [0.4, 0.5) is 5.82 Å². The first-order valence-corrected chi connectivity index (χ1v) is 2.99. The molecular formula is C6H5ClN2O. The van der Waals surface area contributed by atoms with Gasteiger partial charge in [-0.1, -0.05) is 0 Å². The molecule has 4 heteroatoms. The van der Waals surface area contributed by atoms with Gasteiger partial charge in [0.2, 0.25) is 0 Å². The lowest BCUT2D eigenvalue weighted by atomic mass is 10.3. The molecule has 0 saturated carbocycles. The Morgan fingerprint density at radius 2 is 2.30 bits per heavy atom. The average Bonchev–Trinajstić information content (AvgIpc) is 1.88. The number of hydrogen-bond donors (Lipinski definition) is 1. The van der Waals surface area contributed by atoms with E-state index in [1.165, 1.54) is 18.3 Å². The van der Waals surface area contributed by atoms with Gasteiger partial charge in [0.05, 0.1) is 5.56 Å². The predicted octanol–water partition coefficient (Wildman–Crippen LogP) is 1.04. The van der Waals surface area contributed by atoms with E-state index in [9.17, 15) is 4.79 Å². The summed E-state index contributed by atoms with van der Waals surface area (Å²) >= 11 is 5.14. The summed E-state index contributed by atoms with van der Waals surface area (Å²) in [5.74, 6) is 0.377. The smallest absolute Gasteiger partial charge is 0.253 e. The Bertz CT molecular complexity index is 244. The molecule has 0 aliphatic heterocycles. The Kier molecular flexibility index (Phi) is 1.87. The number of anilines is 1. The molecule has 52 valence electrons. The molecule has 0 unspecified atom stereocenters. The van der Waals surface area contributed by atoms with Gasteiger partial charge in [0.1, 0.15) is 5.82 Å². The molecule has 0 radical (unpaired) electrons. The van der Waals surface area contributed by atoms with Crippen LogP contribution in [-0.4, -0.2) is 10.2 Å². The van der Waals surface area contributed by atoms with Crippen LogP contribution in [0.25, 0.3) is 0 Å². The molecule has 10 heavy (non-hydrogen) atoms. The maximum Gasteiger partial charge on any atom is 0.253 e. The van der Waals surface area contributed by atoms with Crippen LogP contribution < -0.4 is 5.73 Å². The summed E-state index contributed by atoms with van der Waals surface area (Å²) in [6.07, 6.45) is 1.34. The molecule has 1 rings (SSSR count). The van der Waals surface area contributed by atoms with E-state index >= 15 is 0 Å².